The van der Waals surface area contributed by atoms with E-state index in [0.29, 0.717) is 5.03 Å². The Balaban J connectivity index is 2.43. The van der Waals surface area contributed by atoms with Crippen molar-refractivity contribution < 1.29 is 0 Å². The van der Waals surface area contributed by atoms with Crippen LogP contribution in [0.25, 0.3) is 5.70 Å². The van der Waals surface area contributed by atoms with E-state index in [-0.39, 0.29) is 0 Å². The molecule has 0 atom stereocenters. The minimum absolute atomic E-state index is 0.711. The number of rotatable bonds is 2. The Morgan fingerprint density at radius 2 is 1.82 bits per heavy atom. The van der Waals surface area contributed by atoms with Crippen LogP contribution in [-0.2, 0) is 0 Å². The molecule has 1 aliphatic heterocycles. The normalized spacial score (nSPS) is 15.7. The second-order valence-electron chi connectivity index (χ2n) is 4.12. The quantitative estimate of drug-likeness (QED) is 0.751. The average molecular weight is 246 g/mol. The molecule has 0 bridgehead atoms. The molecule has 2 heteroatoms. The van der Waals surface area contributed by atoms with Crippen LogP contribution in [0.3, 0.4) is 0 Å². The first-order valence-electron chi connectivity index (χ1n) is 5.75. The smallest absolute Gasteiger partial charge is 0.0637 e. The average Bonchev–Trinajstić information content (AvgIpc) is 2.34. The summed E-state index contributed by atoms with van der Waals surface area (Å²) in [7, 11) is 0. The van der Waals surface area contributed by atoms with Gasteiger partial charge in [-0.25, -0.2) is 0 Å². The largest absolute Gasteiger partial charge is 0.341 e. The number of hydrogen-bond donors (Lipinski definition) is 0. The second kappa shape index (κ2) is 4.80. The SMILES string of the molecule is C=C1C(Cl)=CC=C(c2ccc(C)cc2)N1CC. The molecule has 1 aliphatic rings. The van der Waals surface area contributed by atoms with Gasteiger partial charge in [-0.3, -0.25) is 0 Å². The molecule has 0 N–H and O–H groups in total. The summed E-state index contributed by atoms with van der Waals surface area (Å²) in [6, 6.07) is 8.49. The molecule has 0 aromatic heterocycles. The summed E-state index contributed by atoms with van der Waals surface area (Å²) in [5.41, 5.74) is 4.48. The number of aryl methyl sites for hydroxylation is 1. The summed E-state index contributed by atoms with van der Waals surface area (Å²) in [4.78, 5) is 2.13. The minimum Gasteiger partial charge on any atom is -0.341 e. The molecule has 0 radical (unpaired) electrons. The highest BCUT2D eigenvalue weighted by atomic mass is 35.5. The topological polar surface area (TPSA) is 3.24 Å². The number of likely N-dealkylation sites (N-methyl/N-ethyl adjacent to an activating group) is 1. The lowest BCUT2D eigenvalue weighted by Gasteiger charge is -2.30. The van der Waals surface area contributed by atoms with Crippen molar-refractivity contribution in [1.29, 1.82) is 0 Å². The van der Waals surface area contributed by atoms with Crippen LogP contribution in [0, 0.1) is 6.92 Å². The Morgan fingerprint density at radius 3 is 2.41 bits per heavy atom. The zero-order valence-electron chi connectivity index (χ0n) is 10.2. The van der Waals surface area contributed by atoms with Crippen LogP contribution in [0.2, 0.25) is 0 Å². The van der Waals surface area contributed by atoms with Gasteiger partial charge in [0.1, 0.15) is 0 Å². The zero-order valence-corrected chi connectivity index (χ0v) is 11.0. The number of halogens is 1. The van der Waals surface area contributed by atoms with Gasteiger partial charge in [0, 0.05) is 12.2 Å². The fraction of sp³-hybridized carbons (Fsp3) is 0.200. The van der Waals surface area contributed by atoms with E-state index in [1.54, 1.807) is 0 Å². The fourth-order valence-electron chi connectivity index (χ4n) is 1.95. The van der Waals surface area contributed by atoms with Crippen molar-refractivity contribution in [1.82, 2.24) is 4.90 Å². The number of nitrogens with zero attached hydrogens (tertiary/aromatic N) is 1. The lowest BCUT2D eigenvalue weighted by Crippen LogP contribution is -2.22. The third-order valence-electron chi connectivity index (χ3n) is 2.94. The molecule has 0 aliphatic carbocycles. The van der Waals surface area contributed by atoms with Crippen LogP contribution >= 0.6 is 11.6 Å². The molecule has 0 fully saturated rings. The highest BCUT2D eigenvalue weighted by molar-refractivity contribution is 6.32. The molecule has 0 amide bonds. The maximum atomic E-state index is 6.09. The van der Waals surface area contributed by atoms with Crippen molar-refractivity contribution in [3.63, 3.8) is 0 Å². The van der Waals surface area contributed by atoms with E-state index >= 15 is 0 Å². The molecule has 17 heavy (non-hydrogen) atoms. The summed E-state index contributed by atoms with van der Waals surface area (Å²) < 4.78 is 0. The summed E-state index contributed by atoms with van der Waals surface area (Å²) in [5.74, 6) is 0. The summed E-state index contributed by atoms with van der Waals surface area (Å²) >= 11 is 6.09. The first-order chi connectivity index (χ1) is 8.13. The van der Waals surface area contributed by atoms with E-state index in [1.165, 1.54) is 11.1 Å². The molecule has 0 saturated heterocycles. The van der Waals surface area contributed by atoms with Gasteiger partial charge >= 0.3 is 0 Å². The van der Waals surface area contributed by atoms with Crippen molar-refractivity contribution in [2.45, 2.75) is 13.8 Å². The first kappa shape index (κ1) is 12.0. The van der Waals surface area contributed by atoms with E-state index < -0.39 is 0 Å². The molecular weight excluding hydrogens is 230 g/mol. The van der Waals surface area contributed by atoms with Crippen molar-refractivity contribution in [2.24, 2.45) is 0 Å². The third-order valence-corrected chi connectivity index (χ3v) is 3.29. The fourth-order valence-corrected chi connectivity index (χ4v) is 2.12. The number of hydrogen-bond acceptors (Lipinski definition) is 1. The molecule has 1 aromatic rings. The number of benzene rings is 1. The Bertz CT molecular complexity index is 494. The highest BCUT2D eigenvalue weighted by Gasteiger charge is 2.18. The van der Waals surface area contributed by atoms with Crippen molar-refractivity contribution in [3.8, 4) is 0 Å². The molecule has 1 nitrogen and oxygen atoms in total. The van der Waals surface area contributed by atoms with Crippen LogP contribution in [0.1, 0.15) is 18.1 Å². The van der Waals surface area contributed by atoms with Gasteiger partial charge in [-0.05, 0) is 31.6 Å². The Morgan fingerprint density at radius 1 is 1.18 bits per heavy atom. The lowest BCUT2D eigenvalue weighted by atomic mass is 10.1. The molecule has 2 rings (SSSR count). The van der Waals surface area contributed by atoms with Gasteiger partial charge in [-0.2, -0.15) is 0 Å². The first-order valence-corrected chi connectivity index (χ1v) is 6.12. The standard InChI is InChI=1S/C15H16ClN/c1-4-17-12(3)14(16)9-10-15(17)13-7-5-11(2)6-8-13/h5-10H,3-4H2,1-2H3. The van der Waals surface area contributed by atoms with Crippen molar-refractivity contribution >= 4 is 17.3 Å². The van der Waals surface area contributed by atoms with Gasteiger partial charge in [0.05, 0.1) is 10.7 Å². The molecule has 1 heterocycles. The molecular formula is C15H16ClN. The lowest BCUT2D eigenvalue weighted by molar-refractivity contribution is 0.528. The van der Waals surface area contributed by atoms with Crippen LogP contribution < -0.4 is 0 Å². The Labute approximate surface area is 108 Å². The summed E-state index contributed by atoms with van der Waals surface area (Å²) in [6.45, 7) is 9.08. The monoisotopic (exact) mass is 245 g/mol. The maximum absolute atomic E-state index is 6.09. The molecule has 0 saturated carbocycles. The predicted molar refractivity (Wildman–Crippen MR) is 74.6 cm³/mol. The van der Waals surface area contributed by atoms with Crippen molar-refractivity contribution in [2.75, 3.05) is 6.54 Å². The third kappa shape index (κ3) is 2.29. The summed E-state index contributed by atoms with van der Waals surface area (Å²) in [5, 5.41) is 0.711. The van der Waals surface area contributed by atoms with Gasteiger partial charge in [-0.1, -0.05) is 48.0 Å². The predicted octanol–water partition coefficient (Wildman–Crippen LogP) is 4.31. The highest BCUT2D eigenvalue weighted by Crippen LogP contribution is 2.31. The van der Waals surface area contributed by atoms with Gasteiger partial charge in [0.15, 0.2) is 0 Å². The zero-order chi connectivity index (χ0) is 12.4. The van der Waals surface area contributed by atoms with Crippen LogP contribution in [-0.4, -0.2) is 11.4 Å². The van der Waals surface area contributed by atoms with E-state index in [0.717, 1.165) is 17.9 Å². The maximum Gasteiger partial charge on any atom is 0.0637 e. The number of allylic oxidation sites excluding steroid dienone is 3. The van der Waals surface area contributed by atoms with Gasteiger partial charge in [-0.15, -0.1) is 0 Å². The van der Waals surface area contributed by atoms with E-state index in [4.69, 9.17) is 11.6 Å². The Hall–Kier alpha value is -1.47. The van der Waals surface area contributed by atoms with Crippen molar-refractivity contribution in [3.05, 3.63) is 64.9 Å². The van der Waals surface area contributed by atoms with Gasteiger partial charge < -0.3 is 4.90 Å². The van der Waals surface area contributed by atoms with E-state index in [2.05, 4.69) is 49.6 Å². The Kier molecular flexibility index (Phi) is 3.39. The van der Waals surface area contributed by atoms with Gasteiger partial charge in [0.25, 0.3) is 0 Å². The van der Waals surface area contributed by atoms with Crippen LogP contribution in [0.15, 0.2) is 53.7 Å². The molecule has 0 spiro atoms. The van der Waals surface area contributed by atoms with E-state index in [9.17, 15) is 0 Å². The molecule has 88 valence electrons. The van der Waals surface area contributed by atoms with Crippen LogP contribution in [0.4, 0.5) is 0 Å². The minimum atomic E-state index is 0.711. The van der Waals surface area contributed by atoms with E-state index in [1.807, 2.05) is 12.2 Å². The van der Waals surface area contributed by atoms with Crippen LogP contribution in [0.5, 0.6) is 0 Å². The second-order valence-corrected chi connectivity index (χ2v) is 4.53. The molecule has 0 unspecified atom stereocenters. The molecule has 1 aromatic carbocycles. The van der Waals surface area contributed by atoms with Gasteiger partial charge in [0.2, 0.25) is 0 Å². The summed E-state index contributed by atoms with van der Waals surface area (Å²) in [6.07, 6.45) is 3.95.